The number of ether oxygens (including phenoxy) is 1. The number of amidine groups is 1. The summed E-state index contributed by atoms with van der Waals surface area (Å²) in [7, 11) is -3.68. The van der Waals surface area contributed by atoms with Gasteiger partial charge in [-0.05, 0) is 35.9 Å². The molecule has 0 spiro atoms. The fourth-order valence-electron chi connectivity index (χ4n) is 3.67. The van der Waals surface area contributed by atoms with Crippen molar-refractivity contribution in [2.75, 3.05) is 16.3 Å². The van der Waals surface area contributed by atoms with Crippen LogP contribution in [0, 0.1) is 5.41 Å². The molecule has 3 aromatic carbocycles. The van der Waals surface area contributed by atoms with Crippen molar-refractivity contribution < 1.29 is 13.2 Å². The summed E-state index contributed by atoms with van der Waals surface area (Å²) < 4.78 is 33.8. The number of fused-ring (bicyclic) bond motifs is 1. The molecule has 3 aromatic rings. The minimum absolute atomic E-state index is 0.196. The fourth-order valence-corrected chi connectivity index (χ4v) is 4.74. The van der Waals surface area contributed by atoms with Crippen LogP contribution in [-0.2, 0) is 16.4 Å². The smallest absolute Gasteiger partial charge is 0.261 e. The van der Waals surface area contributed by atoms with E-state index in [2.05, 4.69) is 10.0 Å². The summed E-state index contributed by atoms with van der Waals surface area (Å²) >= 11 is 0. The highest BCUT2D eigenvalue weighted by molar-refractivity contribution is 7.92. The maximum atomic E-state index is 12.6. The quantitative estimate of drug-likeness (QED) is 0.585. The lowest BCUT2D eigenvalue weighted by Gasteiger charge is -2.35. The molecule has 0 unspecified atom stereocenters. The standard InChI is InChI=1S/C23H20N4O3S/c24-22-20-13-16-11-12-17(26-31(28,29)19-9-5-2-6-10-19)14-21(16)30-23(20)25-15-27(22)18-7-3-1-4-8-18/h1-12,14,24-26H,13,15H2. The van der Waals surface area contributed by atoms with Crippen LogP contribution in [-0.4, -0.2) is 20.9 Å². The van der Waals surface area contributed by atoms with Crippen molar-refractivity contribution in [2.24, 2.45) is 0 Å². The Hall–Kier alpha value is -3.78. The van der Waals surface area contributed by atoms with E-state index in [1.54, 1.807) is 42.5 Å². The number of nitrogens with zero attached hydrogens (tertiary/aromatic N) is 1. The molecule has 0 radical (unpaired) electrons. The molecule has 3 N–H and O–H groups in total. The molecule has 5 rings (SSSR count). The summed E-state index contributed by atoms with van der Waals surface area (Å²) in [5.74, 6) is 1.49. The minimum atomic E-state index is -3.68. The first-order valence-corrected chi connectivity index (χ1v) is 11.3. The Morgan fingerprint density at radius 3 is 2.42 bits per heavy atom. The maximum Gasteiger partial charge on any atom is 0.261 e. The Labute approximate surface area is 180 Å². The number of hydrogen-bond donors (Lipinski definition) is 3. The Morgan fingerprint density at radius 1 is 0.968 bits per heavy atom. The topological polar surface area (TPSA) is 94.5 Å². The first-order valence-electron chi connectivity index (χ1n) is 9.78. The lowest BCUT2D eigenvalue weighted by Crippen LogP contribution is -2.47. The van der Waals surface area contributed by atoms with Crippen LogP contribution in [0.4, 0.5) is 11.4 Å². The maximum absolute atomic E-state index is 12.6. The van der Waals surface area contributed by atoms with Crippen molar-refractivity contribution >= 4 is 27.2 Å². The van der Waals surface area contributed by atoms with Gasteiger partial charge >= 0.3 is 0 Å². The van der Waals surface area contributed by atoms with E-state index < -0.39 is 10.0 Å². The highest BCUT2D eigenvalue weighted by atomic mass is 32.2. The van der Waals surface area contributed by atoms with Gasteiger partial charge < -0.3 is 15.0 Å². The van der Waals surface area contributed by atoms with Crippen LogP contribution in [0.5, 0.6) is 5.75 Å². The van der Waals surface area contributed by atoms with Gasteiger partial charge in [0.05, 0.1) is 22.8 Å². The van der Waals surface area contributed by atoms with Crippen LogP contribution in [0.25, 0.3) is 0 Å². The van der Waals surface area contributed by atoms with Gasteiger partial charge in [0, 0.05) is 18.2 Å². The number of sulfonamides is 1. The fraction of sp³-hybridized carbons (Fsp3) is 0.0870. The summed E-state index contributed by atoms with van der Waals surface area (Å²) in [5.41, 5.74) is 3.01. The molecule has 0 aliphatic carbocycles. The van der Waals surface area contributed by atoms with E-state index in [9.17, 15) is 8.42 Å². The highest BCUT2D eigenvalue weighted by Gasteiger charge is 2.30. The van der Waals surface area contributed by atoms with Gasteiger partial charge in [-0.15, -0.1) is 0 Å². The summed E-state index contributed by atoms with van der Waals surface area (Å²) in [4.78, 5) is 2.08. The van der Waals surface area contributed by atoms with Gasteiger partial charge in [-0.25, -0.2) is 8.42 Å². The van der Waals surface area contributed by atoms with Gasteiger partial charge in [-0.2, -0.15) is 0 Å². The van der Waals surface area contributed by atoms with Gasteiger partial charge in [0.2, 0.25) is 5.88 Å². The number of anilines is 2. The molecule has 0 atom stereocenters. The third kappa shape index (κ3) is 3.62. The molecular weight excluding hydrogens is 412 g/mol. The molecule has 0 saturated heterocycles. The summed E-state index contributed by atoms with van der Waals surface area (Å²) in [6.07, 6.45) is 0.519. The molecule has 31 heavy (non-hydrogen) atoms. The van der Waals surface area contributed by atoms with Crippen LogP contribution in [0.3, 0.4) is 0 Å². The Kier molecular flexibility index (Phi) is 4.63. The normalized spacial score (nSPS) is 15.5. The van der Waals surface area contributed by atoms with Crippen LogP contribution < -0.4 is 19.7 Å². The van der Waals surface area contributed by atoms with Crippen LogP contribution in [0.1, 0.15) is 5.56 Å². The largest absolute Gasteiger partial charge is 0.441 e. The molecule has 0 aromatic heterocycles. The lowest BCUT2D eigenvalue weighted by molar-refractivity contribution is 0.359. The molecule has 2 aliphatic heterocycles. The Bertz CT molecular complexity index is 1290. The second-order valence-electron chi connectivity index (χ2n) is 7.27. The van der Waals surface area contributed by atoms with Crippen LogP contribution in [0.2, 0.25) is 0 Å². The second kappa shape index (κ2) is 7.48. The Morgan fingerprint density at radius 2 is 1.68 bits per heavy atom. The molecular formula is C23H20N4O3S. The number of para-hydroxylation sites is 1. The predicted molar refractivity (Wildman–Crippen MR) is 120 cm³/mol. The number of rotatable bonds is 4. The van der Waals surface area contributed by atoms with Crippen molar-refractivity contribution in [1.29, 1.82) is 5.41 Å². The Balaban J connectivity index is 1.39. The van der Waals surface area contributed by atoms with E-state index in [1.807, 2.05) is 41.3 Å². The van der Waals surface area contributed by atoms with E-state index in [1.165, 1.54) is 0 Å². The molecule has 0 amide bonds. The van der Waals surface area contributed by atoms with E-state index >= 15 is 0 Å². The van der Waals surface area contributed by atoms with Gasteiger partial charge in [0.15, 0.2) is 0 Å². The molecule has 0 fully saturated rings. The number of benzene rings is 3. The average molecular weight is 433 g/mol. The van der Waals surface area contributed by atoms with Crippen molar-refractivity contribution in [3.8, 4) is 5.75 Å². The zero-order chi connectivity index (χ0) is 21.4. The van der Waals surface area contributed by atoms with Crippen molar-refractivity contribution in [2.45, 2.75) is 11.3 Å². The van der Waals surface area contributed by atoms with E-state index in [4.69, 9.17) is 10.1 Å². The second-order valence-corrected chi connectivity index (χ2v) is 8.96. The minimum Gasteiger partial charge on any atom is -0.441 e. The van der Waals surface area contributed by atoms with Crippen molar-refractivity contribution in [3.63, 3.8) is 0 Å². The van der Waals surface area contributed by atoms with Gasteiger partial charge in [-0.1, -0.05) is 42.5 Å². The van der Waals surface area contributed by atoms with Crippen LogP contribution in [0.15, 0.2) is 95.2 Å². The predicted octanol–water partition coefficient (Wildman–Crippen LogP) is 3.68. The summed E-state index contributed by atoms with van der Waals surface area (Å²) in [6, 6.07) is 23.2. The zero-order valence-electron chi connectivity index (χ0n) is 16.5. The molecule has 2 aliphatic rings. The van der Waals surface area contributed by atoms with Gasteiger partial charge in [0.25, 0.3) is 10.0 Å². The van der Waals surface area contributed by atoms with E-state index in [-0.39, 0.29) is 4.90 Å². The number of hydrogen-bond acceptors (Lipinski definition) is 5. The molecule has 8 heteroatoms. The first kappa shape index (κ1) is 19.2. The molecule has 156 valence electrons. The zero-order valence-corrected chi connectivity index (χ0v) is 17.3. The van der Waals surface area contributed by atoms with Gasteiger partial charge in [0.1, 0.15) is 11.6 Å². The highest BCUT2D eigenvalue weighted by Crippen LogP contribution is 2.35. The van der Waals surface area contributed by atoms with Gasteiger partial charge in [-0.3, -0.25) is 10.1 Å². The van der Waals surface area contributed by atoms with E-state index in [0.29, 0.717) is 36.2 Å². The SMILES string of the molecule is N=C1C2=C(NCN1c1ccccc1)Oc1cc(NS(=O)(=O)c3ccccc3)ccc1C2. The molecule has 0 bridgehead atoms. The summed E-state index contributed by atoms with van der Waals surface area (Å²) in [5, 5.41) is 11.9. The monoisotopic (exact) mass is 432 g/mol. The first-order chi connectivity index (χ1) is 15.0. The van der Waals surface area contributed by atoms with Crippen LogP contribution >= 0.6 is 0 Å². The molecule has 0 saturated carbocycles. The van der Waals surface area contributed by atoms with Crippen molar-refractivity contribution in [3.05, 3.63) is 95.9 Å². The third-order valence-electron chi connectivity index (χ3n) is 5.25. The van der Waals surface area contributed by atoms with E-state index in [0.717, 1.165) is 16.8 Å². The lowest BCUT2D eigenvalue weighted by atomic mass is 9.99. The average Bonchev–Trinajstić information content (AvgIpc) is 2.79. The molecule has 2 heterocycles. The number of nitrogens with one attached hydrogen (secondary N) is 3. The summed E-state index contributed by atoms with van der Waals surface area (Å²) in [6.45, 7) is 0.414. The van der Waals surface area contributed by atoms with Crippen molar-refractivity contribution in [1.82, 2.24) is 5.32 Å². The third-order valence-corrected chi connectivity index (χ3v) is 6.64. The molecule has 7 nitrogen and oxygen atoms in total.